The van der Waals surface area contributed by atoms with Gasteiger partial charge in [-0.05, 0) is 36.8 Å². The SMILES string of the molecule is Cn1nc(-c2ccc(F)cc2)cc1C(=O)N1CCC(N2C(=O)CSC2=O)C1. The first-order valence-electron chi connectivity index (χ1n) is 8.52. The number of aryl methyl sites for hydroxylation is 1. The molecule has 1 atom stereocenters. The normalized spacial score (nSPS) is 20.0. The number of carbonyl (C=O) groups is 3. The summed E-state index contributed by atoms with van der Waals surface area (Å²) in [6, 6.07) is 7.32. The Labute approximate surface area is 159 Å². The molecule has 0 spiro atoms. The Kier molecular flexibility index (Phi) is 4.47. The predicted octanol–water partition coefficient (Wildman–Crippen LogP) is 2.14. The Morgan fingerprint density at radius 1 is 1.26 bits per heavy atom. The molecule has 1 unspecified atom stereocenters. The third-order valence-electron chi connectivity index (χ3n) is 4.84. The van der Waals surface area contributed by atoms with E-state index >= 15 is 0 Å². The molecule has 3 amide bonds. The van der Waals surface area contributed by atoms with Crippen LogP contribution in [0, 0.1) is 5.82 Å². The second-order valence-electron chi connectivity index (χ2n) is 6.56. The van der Waals surface area contributed by atoms with Gasteiger partial charge < -0.3 is 4.90 Å². The monoisotopic (exact) mass is 388 g/mol. The molecule has 1 aromatic heterocycles. The summed E-state index contributed by atoms with van der Waals surface area (Å²) in [7, 11) is 1.68. The molecule has 4 rings (SSSR count). The Morgan fingerprint density at radius 3 is 2.67 bits per heavy atom. The number of benzene rings is 1. The van der Waals surface area contributed by atoms with E-state index in [0.717, 1.165) is 17.3 Å². The number of amides is 3. The van der Waals surface area contributed by atoms with Crippen molar-refractivity contribution in [2.24, 2.45) is 7.05 Å². The summed E-state index contributed by atoms with van der Waals surface area (Å²) in [5.74, 6) is -0.555. The lowest BCUT2D eigenvalue weighted by Crippen LogP contribution is -2.41. The maximum atomic E-state index is 13.1. The highest BCUT2D eigenvalue weighted by atomic mass is 32.2. The van der Waals surface area contributed by atoms with E-state index in [1.165, 1.54) is 21.7 Å². The van der Waals surface area contributed by atoms with Gasteiger partial charge in [-0.3, -0.25) is 24.0 Å². The van der Waals surface area contributed by atoms with Gasteiger partial charge in [-0.25, -0.2) is 4.39 Å². The maximum absolute atomic E-state index is 13.1. The van der Waals surface area contributed by atoms with Crippen molar-refractivity contribution in [2.75, 3.05) is 18.8 Å². The summed E-state index contributed by atoms with van der Waals surface area (Å²) in [5.41, 5.74) is 1.71. The van der Waals surface area contributed by atoms with Crippen LogP contribution in [0.25, 0.3) is 11.3 Å². The van der Waals surface area contributed by atoms with Crippen molar-refractivity contribution in [3.05, 3.63) is 41.8 Å². The molecule has 3 heterocycles. The van der Waals surface area contributed by atoms with Crippen molar-refractivity contribution in [1.82, 2.24) is 19.6 Å². The second-order valence-corrected chi connectivity index (χ2v) is 7.48. The third kappa shape index (κ3) is 3.23. The van der Waals surface area contributed by atoms with E-state index in [1.54, 1.807) is 30.1 Å². The minimum atomic E-state index is -0.335. The third-order valence-corrected chi connectivity index (χ3v) is 5.67. The highest BCUT2D eigenvalue weighted by Crippen LogP contribution is 2.27. The van der Waals surface area contributed by atoms with Gasteiger partial charge in [0.25, 0.3) is 11.1 Å². The van der Waals surface area contributed by atoms with Crippen molar-refractivity contribution < 1.29 is 18.8 Å². The standard InChI is InChI=1S/C18H17FN4O3S/c1-21-15(8-14(20-21)11-2-4-12(19)5-3-11)17(25)22-7-6-13(9-22)23-16(24)10-27-18(23)26/h2-5,8,13H,6-7,9-10H2,1H3. The highest BCUT2D eigenvalue weighted by molar-refractivity contribution is 8.14. The molecule has 0 radical (unpaired) electrons. The van der Waals surface area contributed by atoms with Gasteiger partial charge in [0.15, 0.2) is 0 Å². The number of thioether (sulfide) groups is 1. The van der Waals surface area contributed by atoms with Crippen molar-refractivity contribution in [1.29, 1.82) is 0 Å². The van der Waals surface area contributed by atoms with Crippen molar-refractivity contribution in [3.8, 4) is 11.3 Å². The van der Waals surface area contributed by atoms with Crippen LogP contribution < -0.4 is 0 Å². The highest BCUT2D eigenvalue weighted by Gasteiger charge is 2.40. The molecule has 2 fully saturated rings. The molecule has 0 N–H and O–H groups in total. The zero-order valence-electron chi connectivity index (χ0n) is 14.6. The fraction of sp³-hybridized carbons (Fsp3) is 0.333. The van der Waals surface area contributed by atoms with Crippen LogP contribution in [0.5, 0.6) is 0 Å². The Hall–Kier alpha value is -2.68. The van der Waals surface area contributed by atoms with Gasteiger partial charge >= 0.3 is 0 Å². The van der Waals surface area contributed by atoms with Crippen LogP contribution in [0.2, 0.25) is 0 Å². The number of carbonyl (C=O) groups excluding carboxylic acids is 3. The summed E-state index contributed by atoms with van der Waals surface area (Å²) >= 11 is 1.00. The van der Waals surface area contributed by atoms with E-state index in [0.29, 0.717) is 30.9 Å². The first-order valence-corrected chi connectivity index (χ1v) is 9.50. The van der Waals surface area contributed by atoms with E-state index in [2.05, 4.69) is 5.10 Å². The van der Waals surface area contributed by atoms with E-state index in [1.807, 2.05) is 0 Å². The molecule has 2 aromatic rings. The van der Waals surface area contributed by atoms with Crippen LogP contribution in [0.3, 0.4) is 0 Å². The van der Waals surface area contributed by atoms with Gasteiger partial charge in [-0.1, -0.05) is 11.8 Å². The number of likely N-dealkylation sites (tertiary alicyclic amines) is 1. The maximum Gasteiger partial charge on any atom is 0.289 e. The van der Waals surface area contributed by atoms with E-state index < -0.39 is 0 Å². The molecule has 1 aromatic carbocycles. The number of imide groups is 1. The minimum absolute atomic E-state index is 0.173. The average Bonchev–Trinajstić information content (AvgIpc) is 3.34. The zero-order valence-corrected chi connectivity index (χ0v) is 15.4. The van der Waals surface area contributed by atoms with Gasteiger partial charge in [-0.15, -0.1) is 0 Å². The van der Waals surface area contributed by atoms with Gasteiger partial charge in [0, 0.05) is 25.7 Å². The van der Waals surface area contributed by atoms with Crippen LogP contribution in [-0.2, 0) is 11.8 Å². The van der Waals surface area contributed by atoms with E-state index in [4.69, 9.17) is 0 Å². The number of hydrogen-bond donors (Lipinski definition) is 0. The van der Waals surface area contributed by atoms with Crippen molar-refractivity contribution in [3.63, 3.8) is 0 Å². The lowest BCUT2D eigenvalue weighted by atomic mass is 10.1. The van der Waals surface area contributed by atoms with Gasteiger partial charge in [0.05, 0.1) is 17.5 Å². The molecule has 27 heavy (non-hydrogen) atoms. The summed E-state index contributed by atoms with van der Waals surface area (Å²) in [6.07, 6.45) is 0.576. The Morgan fingerprint density at radius 2 is 2.00 bits per heavy atom. The summed E-state index contributed by atoms with van der Waals surface area (Å²) < 4.78 is 14.6. The largest absolute Gasteiger partial charge is 0.335 e. The molecule has 140 valence electrons. The molecular formula is C18H17FN4O3S. The second kappa shape index (κ2) is 6.80. The fourth-order valence-corrected chi connectivity index (χ4v) is 4.22. The predicted molar refractivity (Wildman–Crippen MR) is 97.6 cm³/mol. The van der Waals surface area contributed by atoms with Crippen LogP contribution in [0.4, 0.5) is 9.18 Å². The summed E-state index contributed by atoms with van der Waals surface area (Å²) in [4.78, 5) is 39.6. The summed E-state index contributed by atoms with van der Waals surface area (Å²) in [5, 5.41) is 4.11. The van der Waals surface area contributed by atoms with Crippen LogP contribution in [-0.4, -0.2) is 61.5 Å². The first-order chi connectivity index (χ1) is 12.9. The molecule has 7 nitrogen and oxygen atoms in total. The topological polar surface area (TPSA) is 75.5 Å². The minimum Gasteiger partial charge on any atom is -0.335 e. The lowest BCUT2D eigenvalue weighted by molar-refractivity contribution is -0.126. The Balaban J connectivity index is 1.51. The smallest absolute Gasteiger partial charge is 0.289 e. The molecule has 2 saturated heterocycles. The number of nitrogens with zero attached hydrogens (tertiary/aromatic N) is 4. The molecule has 2 aliphatic heterocycles. The molecular weight excluding hydrogens is 371 g/mol. The van der Waals surface area contributed by atoms with Crippen LogP contribution in [0.1, 0.15) is 16.9 Å². The molecule has 0 aliphatic carbocycles. The van der Waals surface area contributed by atoms with Crippen molar-refractivity contribution in [2.45, 2.75) is 12.5 Å². The number of aromatic nitrogens is 2. The molecule has 9 heteroatoms. The molecule has 2 aliphatic rings. The Bertz CT molecular complexity index is 911. The quantitative estimate of drug-likeness (QED) is 0.805. The average molecular weight is 388 g/mol. The number of halogens is 1. The van der Waals surface area contributed by atoms with E-state index in [-0.39, 0.29) is 34.7 Å². The molecule has 0 saturated carbocycles. The number of hydrogen-bond acceptors (Lipinski definition) is 5. The fourth-order valence-electron chi connectivity index (χ4n) is 3.45. The first kappa shape index (κ1) is 17.7. The summed E-state index contributed by atoms with van der Waals surface area (Å²) in [6.45, 7) is 0.802. The van der Waals surface area contributed by atoms with Gasteiger partial charge in [0.2, 0.25) is 5.91 Å². The number of rotatable bonds is 3. The van der Waals surface area contributed by atoms with Gasteiger partial charge in [0.1, 0.15) is 11.5 Å². The zero-order chi connectivity index (χ0) is 19.1. The van der Waals surface area contributed by atoms with Crippen molar-refractivity contribution >= 4 is 28.8 Å². The molecule has 0 bridgehead atoms. The van der Waals surface area contributed by atoms with E-state index in [9.17, 15) is 18.8 Å². The van der Waals surface area contributed by atoms with Gasteiger partial charge in [-0.2, -0.15) is 5.10 Å². The lowest BCUT2D eigenvalue weighted by Gasteiger charge is -2.21. The van der Waals surface area contributed by atoms with Crippen LogP contribution in [0.15, 0.2) is 30.3 Å². The van der Waals surface area contributed by atoms with Crippen LogP contribution >= 0.6 is 11.8 Å².